The van der Waals surface area contributed by atoms with E-state index < -0.39 is 24.8 Å². The third-order valence-corrected chi connectivity index (χ3v) is 4.81. The first-order chi connectivity index (χ1) is 14.7. The maximum Gasteiger partial charge on any atom is 0.271 e. The van der Waals surface area contributed by atoms with E-state index in [0.29, 0.717) is 18.0 Å². The first-order valence-electron chi connectivity index (χ1n) is 9.67. The number of aliphatic hydroxyl groups is 2. The van der Waals surface area contributed by atoms with Gasteiger partial charge in [-0.1, -0.05) is 24.9 Å². The molecule has 9 N–H and O–H groups in total. The summed E-state index contributed by atoms with van der Waals surface area (Å²) in [6.45, 7) is 2.03. The van der Waals surface area contributed by atoms with Gasteiger partial charge in [0, 0.05) is 12.2 Å². The molecule has 178 valence electrons. The quantitative estimate of drug-likeness (QED) is 0.210. The molecular formula is C19H29Cl2N7O4. The Hall–Kier alpha value is -2.57. The number of nitrogens with one attached hydrogen (secondary N) is 1. The van der Waals surface area contributed by atoms with Crippen molar-refractivity contribution < 1.29 is 19.7 Å². The third kappa shape index (κ3) is 6.47. The average Bonchev–Trinajstić information content (AvgIpc) is 2.75. The van der Waals surface area contributed by atoms with Gasteiger partial charge >= 0.3 is 0 Å². The maximum atomic E-state index is 11.7. The minimum atomic E-state index is -1.05. The Kier molecular flexibility index (Phi) is 10.7. The van der Waals surface area contributed by atoms with Crippen LogP contribution in [0.25, 0.3) is 0 Å². The fourth-order valence-corrected chi connectivity index (χ4v) is 2.98. The molecule has 0 fully saturated rings. The zero-order valence-electron chi connectivity index (χ0n) is 17.6. The van der Waals surface area contributed by atoms with Crippen LogP contribution in [0.2, 0.25) is 0 Å². The van der Waals surface area contributed by atoms with Gasteiger partial charge in [0.15, 0.2) is 5.70 Å². The lowest BCUT2D eigenvalue weighted by Crippen LogP contribution is -2.57. The Morgan fingerprint density at radius 3 is 2.56 bits per heavy atom. The number of benzene rings is 1. The van der Waals surface area contributed by atoms with Gasteiger partial charge in [-0.25, -0.2) is 4.99 Å². The van der Waals surface area contributed by atoms with Gasteiger partial charge in [0.25, 0.3) is 5.91 Å². The molecule has 32 heavy (non-hydrogen) atoms. The summed E-state index contributed by atoms with van der Waals surface area (Å²) in [5.41, 5.74) is 17.9. The number of hydrogen-bond donors (Lipinski definition) is 6. The number of ether oxygens (including phenoxy) is 1. The van der Waals surface area contributed by atoms with Crippen LogP contribution in [0.5, 0.6) is 5.75 Å². The molecule has 0 aliphatic carbocycles. The number of aliphatic imine (C=N–C) groups is 1. The Balaban J connectivity index is 0.00000512. The number of primary amides is 1. The summed E-state index contributed by atoms with van der Waals surface area (Å²) in [6, 6.07) is 6.80. The maximum absolute atomic E-state index is 11.7. The van der Waals surface area contributed by atoms with E-state index in [-0.39, 0.29) is 41.7 Å². The molecule has 1 aliphatic heterocycles. The number of amides is 1. The van der Waals surface area contributed by atoms with Crippen molar-refractivity contribution in [2.45, 2.75) is 32.0 Å². The fraction of sp³-hybridized carbons (Fsp3) is 0.421. The van der Waals surface area contributed by atoms with E-state index in [1.165, 1.54) is 4.90 Å². The van der Waals surface area contributed by atoms with Crippen LogP contribution >= 0.6 is 24.0 Å². The predicted molar refractivity (Wildman–Crippen MR) is 126 cm³/mol. The minimum Gasteiger partial charge on any atom is -0.491 e. The third-order valence-electron chi connectivity index (χ3n) is 4.50. The molecule has 1 amide bonds. The molecule has 0 saturated carbocycles. The minimum absolute atomic E-state index is 0. The molecule has 0 bridgehead atoms. The Morgan fingerprint density at radius 1 is 1.41 bits per heavy atom. The summed E-state index contributed by atoms with van der Waals surface area (Å²) in [6.07, 6.45) is -0.393. The van der Waals surface area contributed by atoms with Crippen molar-refractivity contribution in [3.8, 4) is 5.75 Å². The summed E-state index contributed by atoms with van der Waals surface area (Å²) < 4.78 is 5.42. The zero-order valence-corrected chi connectivity index (χ0v) is 19.1. The van der Waals surface area contributed by atoms with Crippen molar-refractivity contribution in [3.63, 3.8) is 0 Å². The Labute approximate surface area is 197 Å². The normalized spacial score (nSPS) is 16.7. The van der Waals surface area contributed by atoms with Gasteiger partial charge in [0.2, 0.25) is 5.96 Å². The summed E-state index contributed by atoms with van der Waals surface area (Å²) in [4.78, 5) is 18.4. The van der Waals surface area contributed by atoms with E-state index in [0.717, 1.165) is 12.8 Å². The number of aliphatic hydroxyl groups excluding tert-OH is 2. The molecule has 2 atom stereocenters. The van der Waals surface area contributed by atoms with Crippen LogP contribution in [0, 0.1) is 5.41 Å². The number of hydrogen-bond acceptors (Lipinski definition) is 8. The first kappa shape index (κ1) is 27.5. The summed E-state index contributed by atoms with van der Waals surface area (Å²) in [5.74, 6) is -0.658. The second-order valence-corrected chi connectivity index (χ2v) is 7.20. The Bertz CT molecular complexity index is 864. The van der Waals surface area contributed by atoms with Crippen molar-refractivity contribution in [2.24, 2.45) is 22.2 Å². The number of carbonyl (C=O) groups excluding carboxylic acids is 1. The van der Waals surface area contributed by atoms with Gasteiger partial charge in [-0.3, -0.25) is 15.1 Å². The molecule has 0 radical (unpaired) electrons. The molecule has 11 nitrogen and oxygen atoms in total. The van der Waals surface area contributed by atoms with Crippen LogP contribution in [0.1, 0.15) is 19.8 Å². The van der Waals surface area contributed by atoms with Gasteiger partial charge in [0.1, 0.15) is 35.6 Å². The van der Waals surface area contributed by atoms with Gasteiger partial charge in [-0.15, -0.1) is 12.4 Å². The highest BCUT2D eigenvalue weighted by Crippen LogP contribution is 2.25. The highest BCUT2D eigenvalue weighted by molar-refractivity contribution is 6.67. The van der Waals surface area contributed by atoms with E-state index in [2.05, 4.69) is 4.99 Å². The Morgan fingerprint density at radius 2 is 2.03 bits per heavy atom. The van der Waals surface area contributed by atoms with E-state index in [1.54, 1.807) is 29.2 Å². The van der Waals surface area contributed by atoms with E-state index in [1.807, 2.05) is 6.92 Å². The molecule has 0 saturated heterocycles. The van der Waals surface area contributed by atoms with Gasteiger partial charge in [-0.2, -0.15) is 0 Å². The average molecular weight is 490 g/mol. The van der Waals surface area contributed by atoms with Crippen LogP contribution in [0.15, 0.2) is 40.8 Å². The molecule has 13 heteroatoms. The second-order valence-electron chi connectivity index (χ2n) is 6.82. The highest BCUT2D eigenvalue weighted by Gasteiger charge is 2.34. The molecule has 2 rings (SSSR count). The zero-order chi connectivity index (χ0) is 23.1. The topological polar surface area (TPSA) is 188 Å². The first-order valence-corrected chi connectivity index (χ1v) is 10.0. The van der Waals surface area contributed by atoms with Crippen molar-refractivity contribution in [1.82, 2.24) is 4.90 Å². The summed E-state index contributed by atoms with van der Waals surface area (Å²) in [5, 5.41) is 26.9. The van der Waals surface area contributed by atoms with Gasteiger partial charge in [-0.05, 0) is 30.7 Å². The smallest absolute Gasteiger partial charge is 0.271 e. The largest absolute Gasteiger partial charge is 0.491 e. The standard InChI is InChI=1S/C19H28ClN7O4.ClH/c1-2-3-8-26(11-4-6-13(7-5-11)31-10-12(29)9-28)19(24)27-16(21)14(18(23)30)25-15(20)17(27)22;/h4-7,12,17,24,28-29H,2-3,8-10,21-22H2,1H3,(H2,23,30);1H. The van der Waals surface area contributed by atoms with E-state index >= 15 is 0 Å². The van der Waals surface area contributed by atoms with Crippen molar-refractivity contribution >= 4 is 46.7 Å². The lowest BCUT2D eigenvalue weighted by Gasteiger charge is -2.38. The van der Waals surface area contributed by atoms with Crippen LogP contribution in [0.3, 0.4) is 0 Å². The number of rotatable bonds is 9. The molecule has 2 unspecified atom stereocenters. The van der Waals surface area contributed by atoms with Gasteiger partial charge in [0.05, 0.1) is 6.61 Å². The van der Waals surface area contributed by atoms with Crippen LogP contribution in [-0.2, 0) is 4.79 Å². The number of guanidine groups is 1. The number of carbonyl (C=O) groups is 1. The lowest BCUT2D eigenvalue weighted by atomic mass is 10.2. The number of unbranched alkanes of at least 4 members (excludes halogenated alkanes) is 1. The van der Waals surface area contributed by atoms with Crippen molar-refractivity contribution in [3.05, 3.63) is 35.8 Å². The van der Waals surface area contributed by atoms with Crippen LogP contribution in [-0.4, -0.2) is 64.2 Å². The molecule has 0 spiro atoms. The second kappa shape index (κ2) is 12.5. The fourth-order valence-electron chi connectivity index (χ4n) is 2.80. The predicted octanol–water partition coefficient (Wildman–Crippen LogP) is 0.232. The molecule has 1 aliphatic rings. The van der Waals surface area contributed by atoms with E-state index in [4.69, 9.17) is 44.1 Å². The van der Waals surface area contributed by atoms with Gasteiger partial charge < -0.3 is 37.1 Å². The molecule has 1 heterocycles. The van der Waals surface area contributed by atoms with Crippen LogP contribution in [0.4, 0.5) is 5.69 Å². The number of anilines is 1. The van der Waals surface area contributed by atoms with Crippen molar-refractivity contribution in [2.75, 3.05) is 24.7 Å². The van der Waals surface area contributed by atoms with E-state index in [9.17, 15) is 9.90 Å². The molecule has 1 aromatic rings. The SMILES string of the molecule is CCCCN(C(=N)N1C(N)=C(C(N)=O)N=C(Cl)C1N)c1ccc(OCC(O)CO)cc1.Cl. The van der Waals surface area contributed by atoms with Crippen molar-refractivity contribution in [1.29, 1.82) is 5.41 Å². The number of nitrogens with two attached hydrogens (primary N) is 3. The molecular weight excluding hydrogens is 461 g/mol. The monoisotopic (exact) mass is 489 g/mol. The molecule has 0 aromatic heterocycles. The van der Waals surface area contributed by atoms with Crippen LogP contribution < -0.4 is 26.8 Å². The summed E-state index contributed by atoms with van der Waals surface area (Å²) >= 11 is 6.07. The number of nitrogens with zero attached hydrogens (tertiary/aromatic N) is 3. The number of halogens is 2. The summed E-state index contributed by atoms with van der Waals surface area (Å²) in [7, 11) is 0. The lowest BCUT2D eigenvalue weighted by molar-refractivity contribution is -0.114. The highest BCUT2D eigenvalue weighted by atomic mass is 35.5. The molecule has 1 aromatic carbocycles.